The first-order chi connectivity index (χ1) is 13.0. The highest BCUT2D eigenvalue weighted by Crippen LogP contribution is 2.22. The van der Waals surface area contributed by atoms with E-state index in [0.717, 1.165) is 11.4 Å². The molecule has 0 aliphatic carbocycles. The Morgan fingerprint density at radius 2 is 1.85 bits per heavy atom. The van der Waals surface area contributed by atoms with Crippen molar-refractivity contribution < 1.29 is 9.53 Å². The van der Waals surface area contributed by atoms with Gasteiger partial charge in [0.1, 0.15) is 23.1 Å². The lowest BCUT2D eigenvalue weighted by atomic mass is 10.2. The maximum absolute atomic E-state index is 12.5. The predicted octanol–water partition coefficient (Wildman–Crippen LogP) is 4.83. The quantitative estimate of drug-likeness (QED) is 0.638. The van der Waals surface area contributed by atoms with Crippen LogP contribution in [0.25, 0.3) is 0 Å². The van der Waals surface area contributed by atoms with Gasteiger partial charge in [0.25, 0.3) is 5.91 Å². The number of hydrogen-bond acceptors (Lipinski definition) is 5. The first-order valence-corrected chi connectivity index (χ1v) is 8.84. The highest BCUT2D eigenvalue weighted by Gasteiger charge is 2.12. The molecule has 2 N–H and O–H groups in total. The number of carbonyl (C=O) groups excluding carboxylic acids is 1. The summed E-state index contributed by atoms with van der Waals surface area (Å²) in [4.78, 5) is 21.1. The van der Waals surface area contributed by atoms with Gasteiger partial charge in [-0.1, -0.05) is 23.7 Å². The smallest absolute Gasteiger partial charge is 0.274 e. The number of rotatable bonds is 6. The van der Waals surface area contributed by atoms with Gasteiger partial charge in [-0.05, 0) is 50.2 Å². The second-order valence-electron chi connectivity index (χ2n) is 5.70. The van der Waals surface area contributed by atoms with Crippen molar-refractivity contribution in [3.8, 4) is 5.75 Å². The van der Waals surface area contributed by atoms with E-state index in [-0.39, 0.29) is 11.6 Å². The fraction of sp³-hybridized carbons (Fsp3) is 0.150. The van der Waals surface area contributed by atoms with Crippen LogP contribution in [0.2, 0.25) is 5.02 Å². The second-order valence-corrected chi connectivity index (χ2v) is 6.11. The van der Waals surface area contributed by atoms with E-state index >= 15 is 0 Å². The number of anilines is 3. The van der Waals surface area contributed by atoms with Gasteiger partial charge in [-0.2, -0.15) is 0 Å². The predicted molar refractivity (Wildman–Crippen MR) is 107 cm³/mol. The molecular formula is C20H19ClN4O2. The zero-order chi connectivity index (χ0) is 19.2. The molecule has 0 radical (unpaired) electrons. The molecule has 0 spiro atoms. The lowest BCUT2D eigenvalue weighted by molar-refractivity contribution is 0.102. The van der Waals surface area contributed by atoms with Crippen molar-refractivity contribution in [2.45, 2.75) is 13.8 Å². The number of benzene rings is 2. The molecule has 0 saturated carbocycles. The maximum atomic E-state index is 12.5. The Balaban J connectivity index is 1.77. The molecule has 0 saturated heterocycles. The molecule has 2 aromatic carbocycles. The van der Waals surface area contributed by atoms with Gasteiger partial charge >= 0.3 is 0 Å². The average Bonchev–Trinajstić information content (AvgIpc) is 2.65. The van der Waals surface area contributed by atoms with Gasteiger partial charge in [0.05, 0.1) is 17.3 Å². The standard InChI is InChI=1S/C20H19ClN4O2/c1-3-27-15-10-8-14(9-11-15)24-19-12-18(22-13(2)23-19)20(26)25-17-7-5-4-6-16(17)21/h4-12H,3H2,1-2H3,(H,25,26)(H,22,23,24). The third-order valence-corrected chi connectivity index (χ3v) is 3.96. The fourth-order valence-corrected chi connectivity index (χ4v) is 2.63. The van der Waals surface area contributed by atoms with Crippen LogP contribution < -0.4 is 15.4 Å². The summed E-state index contributed by atoms with van der Waals surface area (Å²) in [7, 11) is 0. The molecule has 0 fully saturated rings. The molecule has 138 valence electrons. The van der Waals surface area contributed by atoms with Crippen molar-refractivity contribution >= 4 is 34.7 Å². The van der Waals surface area contributed by atoms with E-state index < -0.39 is 0 Å². The molecule has 1 heterocycles. The van der Waals surface area contributed by atoms with Crippen LogP contribution in [0.4, 0.5) is 17.2 Å². The third kappa shape index (κ3) is 4.95. The van der Waals surface area contributed by atoms with E-state index in [1.807, 2.05) is 31.2 Å². The zero-order valence-corrected chi connectivity index (χ0v) is 15.7. The van der Waals surface area contributed by atoms with Gasteiger partial charge in [-0.15, -0.1) is 0 Å². The Morgan fingerprint density at radius 1 is 1.11 bits per heavy atom. The second kappa shape index (κ2) is 8.51. The van der Waals surface area contributed by atoms with Gasteiger partial charge in [0.15, 0.2) is 0 Å². The van der Waals surface area contributed by atoms with Crippen molar-refractivity contribution in [1.82, 2.24) is 9.97 Å². The zero-order valence-electron chi connectivity index (χ0n) is 15.0. The van der Waals surface area contributed by atoms with Crippen molar-refractivity contribution in [3.63, 3.8) is 0 Å². The number of para-hydroxylation sites is 1. The minimum atomic E-state index is -0.358. The first-order valence-electron chi connectivity index (χ1n) is 8.46. The van der Waals surface area contributed by atoms with E-state index in [0.29, 0.717) is 29.0 Å². The molecule has 7 heteroatoms. The van der Waals surface area contributed by atoms with Crippen molar-refractivity contribution in [1.29, 1.82) is 0 Å². The van der Waals surface area contributed by atoms with Crippen LogP contribution in [0.1, 0.15) is 23.2 Å². The summed E-state index contributed by atoms with van der Waals surface area (Å²) in [6, 6.07) is 16.1. The van der Waals surface area contributed by atoms with Crippen LogP contribution in [-0.2, 0) is 0 Å². The lowest BCUT2D eigenvalue weighted by Crippen LogP contribution is -2.15. The third-order valence-electron chi connectivity index (χ3n) is 3.63. The molecule has 0 aliphatic rings. The van der Waals surface area contributed by atoms with Gasteiger partial charge in [-0.25, -0.2) is 9.97 Å². The van der Waals surface area contributed by atoms with Crippen molar-refractivity contribution in [2.75, 3.05) is 17.2 Å². The van der Waals surface area contributed by atoms with Crippen molar-refractivity contribution in [2.24, 2.45) is 0 Å². The van der Waals surface area contributed by atoms with Gasteiger partial charge in [0.2, 0.25) is 0 Å². The number of ether oxygens (including phenoxy) is 1. The molecule has 0 atom stereocenters. The number of carbonyl (C=O) groups is 1. The summed E-state index contributed by atoms with van der Waals surface area (Å²) in [5.74, 6) is 1.44. The number of nitrogens with one attached hydrogen (secondary N) is 2. The summed E-state index contributed by atoms with van der Waals surface area (Å²) in [5, 5.41) is 6.40. The molecule has 6 nitrogen and oxygen atoms in total. The monoisotopic (exact) mass is 382 g/mol. The summed E-state index contributed by atoms with van der Waals surface area (Å²) >= 11 is 6.09. The van der Waals surface area contributed by atoms with E-state index in [4.69, 9.17) is 16.3 Å². The number of halogens is 1. The SMILES string of the molecule is CCOc1ccc(Nc2cc(C(=O)Nc3ccccc3Cl)nc(C)n2)cc1. The van der Waals surface area contributed by atoms with E-state index in [9.17, 15) is 4.79 Å². The molecule has 0 aliphatic heterocycles. The molecule has 0 unspecified atom stereocenters. The van der Waals surface area contributed by atoms with Gasteiger partial charge in [-0.3, -0.25) is 4.79 Å². The van der Waals surface area contributed by atoms with Crippen molar-refractivity contribution in [3.05, 3.63) is 71.1 Å². The minimum absolute atomic E-state index is 0.246. The summed E-state index contributed by atoms with van der Waals surface area (Å²) in [6.45, 7) is 4.28. The van der Waals surface area contributed by atoms with E-state index in [2.05, 4.69) is 20.6 Å². The normalized spacial score (nSPS) is 10.3. The highest BCUT2D eigenvalue weighted by molar-refractivity contribution is 6.33. The van der Waals surface area contributed by atoms with Crippen LogP contribution in [0.5, 0.6) is 5.75 Å². The lowest BCUT2D eigenvalue weighted by Gasteiger charge is -2.10. The highest BCUT2D eigenvalue weighted by atomic mass is 35.5. The maximum Gasteiger partial charge on any atom is 0.274 e. The van der Waals surface area contributed by atoms with Gasteiger partial charge < -0.3 is 15.4 Å². The molecule has 1 amide bonds. The molecule has 3 rings (SSSR count). The molecule has 3 aromatic rings. The van der Waals surface area contributed by atoms with Crippen LogP contribution in [0, 0.1) is 6.92 Å². The molecular weight excluding hydrogens is 364 g/mol. The van der Waals surface area contributed by atoms with Crippen LogP contribution in [0.3, 0.4) is 0 Å². The largest absolute Gasteiger partial charge is 0.494 e. The number of amides is 1. The molecule has 1 aromatic heterocycles. The fourth-order valence-electron chi connectivity index (χ4n) is 2.45. The summed E-state index contributed by atoms with van der Waals surface area (Å²) in [5.41, 5.74) is 1.60. The first kappa shape index (κ1) is 18.7. The Morgan fingerprint density at radius 3 is 2.56 bits per heavy atom. The van der Waals surface area contributed by atoms with Crippen LogP contribution in [-0.4, -0.2) is 22.5 Å². The van der Waals surface area contributed by atoms with E-state index in [1.54, 1.807) is 37.3 Å². The number of aryl methyl sites for hydroxylation is 1. The van der Waals surface area contributed by atoms with E-state index in [1.165, 1.54) is 0 Å². The van der Waals surface area contributed by atoms with Crippen LogP contribution in [0.15, 0.2) is 54.6 Å². The number of aromatic nitrogens is 2. The average molecular weight is 383 g/mol. The van der Waals surface area contributed by atoms with Crippen LogP contribution >= 0.6 is 11.6 Å². The minimum Gasteiger partial charge on any atom is -0.494 e. The summed E-state index contributed by atoms with van der Waals surface area (Å²) < 4.78 is 5.43. The molecule has 0 bridgehead atoms. The van der Waals surface area contributed by atoms with Gasteiger partial charge in [0, 0.05) is 11.8 Å². The summed E-state index contributed by atoms with van der Waals surface area (Å²) in [6.07, 6.45) is 0. The Bertz CT molecular complexity index is 945. The molecule has 27 heavy (non-hydrogen) atoms. The Hall–Kier alpha value is -3.12. The topological polar surface area (TPSA) is 76.1 Å². The number of hydrogen-bond donors (Lipinski definition) is 2. The Kier molecular flexibility index (Phi) is 5.88. The number of nitrogens with zero attached hydrogens (tertiary/aromatic N) is 2. The Labute approximate surface area is 162 Å².